The maximum Gasteiger partial charge on any atom is 0.254 e. The number of hydrogen-bond acceptors (Lipinski definition) is 3. The molecule has 4 rings (SSSR count). The first-order valence-electron chi connectivity index (χ1n) is 12.1. The van der Waals surface area contributed by atoms with Gasteiger partial charge >= 0.3 is 0 Å². The number of aromatic nitrogens is 2. The first kappa shape index (κ1) is 24.9. The summed E-state index contributed by atoms with van der Waals surface area (Å²) in [5.74, 6) is -0.439. The van der Waals surface area contributed by atoms with Crippen LogP contribution in [0.25, 0.3) is 16.9 Å². The molecule has 0 aliphatic carbocycles. The number of nitrogens with zero attached hydrogens (tertiary/aromatic N) is 3. The van der Waals surface area contributed by atoms with Crippen LogP contribution in [-0.2, 0) is 4.79 Å². The van der Waals surface area contributed by atoms with E-state index < -0.39 is 0 Å². The highest BCUT2D eigenvalue weighted by Gasteiger charge is 2.20. The van der Waals surface area contributed by atoms with E-state index in [0.717, 1.165) is 24.8 Å². The predicted octanol–water partition coefficient (Wildman–Crippen LogP) is 5.95. The molecule has 2 amide bonds. The van der Waals surface area contributed by atoms with Crippen molar-refractivity contribution in [2.75, 3.05) is 18.4 Å². The van der Waals surface area contributed by atoms with Crippen molar-refractivity contribution >= 4 is 17.6 Å². The largest absolute Gasteiger partial charge is 0.329 e. The molecule has 0 spiro atoms. The standard InChI is InChI=1S/C29H29FN4O2/c1-2-3-10-19-33(29(36)23-13-8-5-9-14-23)21-28(35)31-27-20-26(22-11-6-4-7-12-22)32-34(27)25-17-15-24(30)16-18-25/h4-9,11-18,20H,2-3,10,19,21H2,1H3,(H,31,35). The Bertz CT molecular complexity index is 1290. The molecule has 1 N–H and O–H groups in total. The quantitative estimate of drug-likeness (QED) is 0.283. The minimum atomic E-state index is -0.359. The van der Waals surface area contributed by atoms with E-state index in [1.165, 1.54) is 12.1 Å². The molecule has 0 fully saturated rings. The number of carbonyl (C=O) groups excluding carboxylic acids is 2. The summed E-state index contributed by atoms with van der Waals surface area (Å²) in [7, 11) is 0. The second-order valence-electron chi connectivity index (χ2n) is 8.52. The average Bonchev–Trinajstić information content (AvgIpc) is 3.32. The van der Waals surface area contributed by atoms with Gasteiger partial charge in [0.2, 0.25) is 5.91 Å². The lowest BCUT2D eigenvalue weighted by Gasteiger charge is -2.22. The zero-order valence-electron chi connectivity index (χ0n) is 20.2. The maximum atomic E-state index is 13.5. The SMILES string of the molecule is CCCCCN(CC(=O)Nc1cc(-c2ccccc2)nn1-c1ccc(F)cc1)C(=O)c1ccccc1. The third kappa shape index (κ3) is 6.24. The van der Waals surface area contributed by atoms with Crippen LogP contribution in [-0.4, -0.2) is 39.6 Å². The van der Waals surface area contributed by atoms with Gasteiger partial charge in [0.05, 0.1) is 11.4 Å². The van der Waals surface area contributed by atoms with Crippen molar-refractivity contribution in [1.29, 1.82) is 0 Å². The molecule has 3 aromatic carbocycles. The number of anilines is 1. The molecule has 0 aliphatic rings. The number of benzene rings is 3. The summed E-state index contributed by atoms with van der Waals surface area (Å²) in [5, 5.41) is 7.57. The fourth-order valence-corrected chi connectivity index (χ4v) is 3.92. The summed E-state index contributed by atoms with van der Waals surface area (Å²) in [5.41, 5.74) is 2.70. The van der Waals surface area contributed by atoms with Crippen molar-refractivity contribution < 1.29 is 14.0 Å². The van der Waals surface area contributed by atoms with Crippen molar-refractivity contribution in [1.82, 2.24) is 14.7 Å². The van der Waals surface area contributed by atoms with Crippen LogP contribution in [0.1, 0.15) is 36.5 Å². The fourth-order valence-electron chi connectivity index (χ4n) is 3.92. The molecule has 4 aromatic rings. The monoisotopic (exact) mass is 484 g/mol. The lowest BCUT2D eigenvalue weighted by Crippen LogP contribution is -2.39. The molecule has 184 valence electrons. The summed E-state index contributed by atoms with van der Waals surface area (Å²) < 4.78 is 15.1. The van der Waals surface area contributed by atoms with Crippen molar-refractivity contribution in [3.05, 3.63) is 102 Å². The van der Waals surface area contributed by atoms with Crippen LogP contribution in [0.4, 0.5) is 10.2 Å². The second kappa shape index (κ2) is 11.9. The first-order valence-corrected chi connectivity index (χ1v) is 12.1. The van der Waals surface area contributed by atoms with E-state index in [0.29, 0.717) is 29.3 Å². The van der Waals surface area contributed by atoms with Gasteiger partial charge in [-0.25, -0.2) is 9.07 Å². The molecule has 0 radical (unpaired) electrons. The molecule has 1 aromatic heterocycles. The lowest BCUT2D eigenvalue weighted by molar-refractivity contribution is -0.117. The molecule has 0 aliphatic heterocycles. The summed E-state index contributed by atoms with van der Waals surface area (Å²) in [4.78, 5) is 27.9. The van der Waals surface area contributed by atoms with Crippen LogP contribution < -0.4 is 5.32 Å². The average molecular weight is 485 g/mol. The van der Waals surface area contributed by atoms with Crippen LogP contribution in [0.2, 0.25) is 0 Å². The predicted molar refractivity (Wildman–Crippen MR) is 139 cm³/mol. The van der Waals surface area contributed by atoms with Crippen LogP contribution >= 0.6 is 0 Å². The lowest BCUT2D eigenvalue weighted by atomic mass is 10.1. The molecule has 0 unspecified atom stereocenters. The highest BCUT2D eigenvalue weighted by Crippen LogP contribution is 2.25. The van der Waals surface area contributed by atoms with Crippen LogP contribution in [0.15, 0.2) is 91.0 Å². The van der Waals surface area contributed by atoms with Gasteiger partial charge in [-0.1, -0.05) is 68.3 Å². The Morgan fingerprint density at radius 3 is 2.25 bits per heavy atom. The van der Waals surface area contributed by atoms with Gasteiger partial charge in [-0.2, -0.15) is 5.10 Å². The van der Waals surface area contributed by atoms with E-state index in [1.807, 2.05) is 48.5 Å². The highest BCUT2D eigenvalue weighted by atomic mass is 19.1. The van der Waals surface area contributed by atoms with E-state index in [2.05, 4.69) is 17.3 Å². The Morgan fingerprint density at radius 1 is 0.917 bits per heavy atom. The van der Waals surface area contributed by atoms with Gasteiger partial charge in [0.15, 0.2) is 0 Å². The molecule has 7 heteroatoms. The topological polar surface area (TPSA) is 67.2 Å². The third-order valence-corrected chi connectivity index (χ3v) is 5.79. The fraction of sp³-hybridized carbons (Fsp3) is 0.207. The van der Waals surface area contributed by atoms with Crippen LogP contribution in [0, 0.1) is 5.82 Å². The van der Waals surface area contributed by atoms with Gasteiger partial charge in [-0.15, -0.1) is 0 Å². The molecule has 36 heavy (non-hydrogen) atoms. The normalized spacial score (nSPS) is 10.7. The molecular formula is C29H29FN4O2. The summed E-state index contributed by atoms with van der Waals surface area (Å²) in [6, 6.07) is 26.2. The van der Waals surface area contributed by atoms with E-state index >= 15 is 0 Å². The second-order valence-corrected chi connectivity index (χ2v) is 8.52. The third-order valence-electron chi connectivity index (χ3n) is 5.79. The van der Waals surface area contributed by atoms with E-state index in [4.69, 9.17) is 0 Å². The van der Waals surface area contributed by atoms with E-state index in [1.54, 1.807) is 39.9 Å². The van der Waals surface area contributed by atoms with Crippen molar-refractivity contribution in [2.24, 2.45) is 0 Å². The Hall–Kier alpha value is -4.26. The van der Waals surface area contributed by atoms with Gasteiger partial charge in [-0.05, 0) is 42.8 Å². The van der Waals surface area contributed by atoms with Crippen molar-refractivity contribution in [2.45, 2.75) is 26.2 Å². The smallest absolute Gasteiger partial charge is 0.254 e. The molecule has 0 atom stereocenters. The summed E-state index contributed by atoms with van der Waals surface area (Å²) in [6.07, 6.45) is 2.80. The van der Waals surface area contributed by atoms with E-state index in [-0.39, 0.29) is 24.2 Å². The van der Waals surface area contributed by atoms with Gasteiger partial charge < -0.3 is 10.2 Å². The number of halogens is 1. The minimum Gasteiger partial charge on any atom is -0.329 e. The van der Waals surface area contributed by atoms with Gasteiger partial charge in [0.1, 0.15) is 18.2 Å². The van der Waals surface area contributed by atoms with Gasteiger partial charge in [0.25, 0.3) is 5.91 Å². The molecule has 0 bridgehead atoms. The minimum absolute atomic E-state index is 0.0906. The molecular weight excluding hydrogens is 455 g/mol. The van der Waals surface area contributed by atoms with Gasteiger partial charge in [0, 0.05) is 23.7 Å². The van der Waals surface area contributed by atoms with Crippen LogP contribution in [0.3, 0.4) is 0 Å². The Balaban J connectivity index is 1.58. The van der Waals surface area contributed by atoms with Crippen molar-refractivity contribution in [3.63, 3.8) is 0 Å². The van der Waals surface area contributed by atoms with E-state index in [9.17, 15) is 14.0 Å². The number of carbonyl (C=O) groups is 2. The first-order chi connectivity index (χ1) is 17.5. The van der Waals surface area contributed by atoms with Crippen molar-refractivity contribution in [3.8, 4) is 16.9 Å². The number of rotatable bonds is 10. The zero-order valence-corrected chi connectivity index (χ0v) is 20.2. The zero-order chi connectivity index (χ0) is 25.3. The van der Waals surface area contributed by atoms with Crippen LogP contribution in [0.5, 0.6) is 0 Å². The number of amides is 2. The van der Waals surface area contributed by atoms with Gasteiger partial charge in [-0.3, -0.25) is 9.59 Å². The Labute approximate surface area is 210 Å². The Kier molecular flexibility index (Phi) is 8.24. The number of unbranched alkanes of at least 4 members (excludes halogenated alkanes) is 2. The molecule has 6 nitrogen and oxygen atoms in total. The summed E-state index contributed by atoms with van der Waals surface area (Å²) in [6.45, 7) is 2.49. The highest BCUT2D eigenvalue weighted by molar-refractivity contribution is 5.99. The molecule has 1 heterocycles. The molecule has 0 saturated carbocycles. The number of hydrogen-bond donors (Lipinski definition) is 1. The number of nitrogens with one attached hydrogen (secondary N) is 1. The Morgan fingerprint density at radius 2 is 1.58 bits per heavy atom. The maximum absolute atomic E-state index is 13.5. The summed E-state index contributed by atoms with van der Waals surface area (Å²) >= 11 is 0. The molecule has 0 saturated heterocycles.